The maximum atomic E-state index is 13.3. The van der Waals surface area contributed by atoms with Gasteiger partial charge in [0, 0.05) is 0 Å². The highest BCUT2D eigenvalue weighted by Crippen LogP contribution is 2.18. The van der Waals surface area contributed by atoms with E-state index in [0.29, 0.717) is 0 Å². The summed E-state index contributed by atoms with van der Waals surface area (Å²) < 4.78 is 17.7. The van der Waals surface area contributed by atoms with Gasteiger partial charge in [0.25, 0.3) is 0 Å². The van der Waals surface area contributed by atoms with Gasteiger partial charge in [0.2, 0.25) is 0 Å². The zero-order chi connectivity index (χ0) is 10.7. The quantitative estimate of drug-likeness (QED) is 0.678. The Morgan fingerprint density at radius 2 is 2.21 bits per heavy atom. The summed E-state index contributed by atoms with van der Waals surface area (Å²) in [4.78, 5) is 11.0. The van der Waals surface area contributed by atoms with Gasteiger partial charge in [-0.1, -0.05) is 13.0 Å². The first-order chi connectivity index (χ1) is 6.56. The normalized spacial score (nSPS) is 10.4. The maximum Gasteiger partial charge on any atom is 0.340 e. The third-order valence-electron chi connectivity index (χ3n) is 1.97. The van der Waals surface area contributed by atoms with Crippen molar-refractivity contribution < 1.29 is 13.9 Å². The Labute approximate surface area is 82.7 Å². The van der Waals surface area contributed by atoms with Crippen LogP contribution in [0.5, 0.6) is 0 Å². The number of rotatable bonds is 2. The van der Waals surface area contributed by atoms with Gasteiger partial charge in [-0.25, -0.2) is 9.18 Å². The van der Waals surface area contributed by atoms with Crippen LogP contribution in [0.25, 0.3) is 0 Å². The van der Waals surface area contributed by atoms with Crippen molar-refractivity contribution in [1.29, 1.82) is 0 Å². The van der Waals surface area contributed by atoms with Gasteiger partial charge in [-0.2, -0.15) is 0 Å². The molecular weight excluding hydrogens is 183 g/mol. The predicted octanol–water partition coefficient (Wildman–Crippen LogP) is 2.55. The molecule has 75 valence electrons. The van der Waals surface area contributed by atoms with Crippen LogP contribution >= 0.6 is 0 Å². The fourth-order valence-corrected chi connectivity index (χ4v) is 1.11. The van der Waals surface area contributed by atoms with E-state index in [0.717, 1.165) is 5.56 Å². The van der Waals surface area contributed by atoms with E-state index in [1.807, 2.05) is 6.92 Å². The molecule has 1 atom stereocenters. The Kier molecular flexibility index (Phi) is 3.23. The lowest BCUT2D eigenvalue weighted by Gasteiger charge is -2.07. The van der Waals surface area contributed by atoms with Crippen molar-refractivity contribution in [3.05, 3.63) is 42.1 Å². The van der Waals surface area contributed by atoms with Gasteiger partial charge in [-0.05, 0) is 30.5 Å². The van der Waals surface area contributed by atoms with Gasteiger partial charge in [-0.3, -0.25) is 0 Å². The molecule has 0 bridgehead atoms. The molecule has 0 heterocycles. The lowest BCUT2D eigenvalue weighted by Crippen LogP contribution is -2.05. The van der Waals surface area contributed by atoms with E-state index in [4.69, 9.17) is 0 Å². The van der Waals surface area contributed by atoms with Gasteiger partial charge < -0.3 is 4.74 Å². The number of ether oxygens (including phenoxy) is 1. The SMILES string of the molecule is [CH2]C(C)c1ccc(C(=O)OC)c(F)c1. The molecule has 0 saturated heterocycles. The molecule has 14 heavy (non-hydrogen) atoms. The van der Waals surface area contributed by atoms with E-state index in [2.05, 4.69) is 11.7 Å². The molecule has 0 aliphatic heterocycles. The molecule has 0 aromatic heterocycles. The molecule has 1 radical (unpaired) electrons. The number of methoxy groups -OCH3 is 1. The van der Waals surface area contributed by atoms with E-state index < -0.39 is 11.8 Å². The standard InChI is InChI=1S/C11H12FO2/c1-7(2)8-4-5-9(10(12)6-8)11(13)14-3/h4-7H,1H2,2-3H3. The maximum absolute atomic E-state index is 13.3. The van der Waals surface area contributed by atoms with E-state index in [1.165, 1.54) is 19.2 Å². The lowest BCUT2D eigenvalue weighted by atomic mass is 10.0. The fourth-order valence-electron chi connectivity index (χ4n) is 1.11. The van der Waals surface area contributed by atoms with Crippen LogP contribution in [0.15, 0.2) is 18.2 Å². The van der Waals surface area contributed by atoms with Gasteiger partial charge >= 0.3 is 5.97 Å². The largest absolute Gasteiger partial charge is 0.465 e. The van der Waals surface area contributed by atoms with E-state index in [-0.39, 0.29) is 11.5 Å². The molecule has 1 aromatic rings. The molecule has 0 saturated carbocycles. The Hall–Kier alpha value is -1.38. The van der Waals surface area contributed by atoms with Crippen LogP contribution in [0, 0.1) is 12.7 Å². The van der Waals surface area contributed by atoms with Crippen LogP contribution in [-0.2, 0) is 4.74 Å². The minimum Gasteiger partial charge on any atom is -0.465 e. The zero-order valence-electron chi connectivity index (χ0n) is 8.21. The summed E-state index contributed by atoms with van der Waals surface area (Å²) >= 11 is 0. The first-order valence-corrected chi connectivity index (χ1v) is 4.27. The molecule has 1 unspecified atom stereocenters. The summed E-state index contributed by atoms with van der Waals surface area (Å²) in [5.41, 5.74) is 0.715. The summed E-state index contributed by atoms with van der Waals surface area (Å²) in [7, 11) is 1.22. The van der Waals surface area contributed by atoms with Crippen LogP contribution < -0.4 is 0 Å². The molecule has 2 nitrogen and oxygen atoms in total. The lowest BCUT2D eigenvalue weighted by molar-refractivity contribution is 0.0595. The highest BCUT2D eigenvalue weighted by atomic mass is 19.1. The number of carbonyl (C=O) groups is 1. The van der Waals surface area contributed by atoms with Gasteiger partial charge in [0.1, 0.15) is 5.82 Å². The molecule has 0 amide bonds. The van der Waals surface area contributed by atoms with E-state index in [1.54, 1.807) is 6.07 Å². The predicted molar refractivity (Wildman–Crippen MR) is 51.5 cm³/mol. The van der Waals surface area contributed by atoms with Crippen molar-refractivity contribution in [3.63, 3.8) is 0 Å². The van der Waals surface area contributed by atoms with Crippen molar-refractivity contribution in [2.45, 2.75) is 12.8 Å². The van der Waals surface area contributed by atoms with Crippen LogP contribution in [0.3, 0.4) is 0 Å². The highest BCUT2D eigenvalue weighted by molar-refractivity contribution is 5.89. The number of halogens is 1. The van der Waals surface area contributed by atoms with Gasteiger partial charge in [0.15, 0.2) is 0 Å². The number of hydrogen-bond acceptors (Lipinski definition) is 2. The Morgan fingerprint density at radius 3 is 2.64 bits per heavy atom. The van der Waals surface area contributed by atoms with Gasteiger partial charge in [0.05, 0.1) is 12.7 Å². The number of hydrogen-bond donors (Lipinski definition) is 0. The number of esters is 1. The van der Waals surface area contributed by atoms with Crippen LogP contribution in [0.2, 0.25) is 0 Å². The minimum absolute atomic E-state index is 0.00352. The Bertz CT molecular complexity index is 345. The van der Waals surface area contributed by atoms with E-state index >= 15 is 0 Å². The molecule has 0 aliphatic carbocycles. The molecule has 0 aliphatic rings. The van der Waals surface area contributed by atoms with Crippen molar-refractivity contribution in [2.24, 2.45) is 0 Å². The minimum atomic E-state index is -0.661. The first kappa shape index (κ1) is 10.7. The third kappa shape index (κ3) is 2.10. The van der Waals surface area contributed by atoms with Gasteiger partial charge in [-0.15, -0.1) is 0 Å². The molecular formula is C11H12FO2. The second-order valence-corrected chi connectivity index (χ2v) is 3.13. The molecule has 0 fully saturated rings. The summed E-state index contributed by atoms with van der Waals surface area (Å²) in [6.45, 7) is 5.62. The molecule has 1 aromatic carbocycles. The molecule has 1 rings (SSSR count). The summed E-state index contributed by atoms with van der Waals surface area (Å²) in [5.74, 6) is -1.23. The average Bonchev–Trinajstić information content (AvgIpc) is 2.16. The topological polar surface area (TPSA) is 26.3 Å². The van der Waals surface area contributed by atoms with Crippen LogP contribution in [-0.4, -0.2) is 13.1 Å². The summed E-state index contributed by atoms with van der Waals surface area (Å²) in [6.07, 6.45) is 0. The van der Waals surface area contributed by atoms with Crippen molar-refractivity contribution in [3.8, 4) is 0 Å². The molecule has 3 heteroatoms. The second-order valence-electron chi connectivity index (χ2n) is 3.13. The van der Waals surface area contributed by atoms with Crippen LogP contribution in [0.1, 0.15) is 28.8 Å². The van der Waals surface area contributed by atoms with Crippen molar-refractivity contribution in [1.82, 2.24) is 0 Å². The summed E-state index contributed by atoms with van der Waals surface area (Å²) in [6, 6.07) is 4.40. The summed E-state index contributed by atoms with van der Waals surface area (Å²) in [5, 5.41) is 0. The smallest absolute Gasteiger partial charge is 0.340 e. The van der Waals surface area contributed by atoms with Crippen molar-refractivity contribution in [2.75, 3.05) is 7.11 Å². The molecule has 0 N–H and O–H groups in total. The van der Waals surface area contributed by atoms with Crippen LogP contribution in [0.4, 0.5) is 4.39 Å². The van der Waals surface area contributed by atoms with E-state index in [9.17, 15) is 9.18 Å². The fraction of sp³-hybridized carbons (Fsp3) is 0.273. The number of benzene rings is 1. The Balaban J connectivity index is 3.07. The average molecular weight is 195 g/mol. The number of carbonyl (C=O) groups excluding carboxylic acids is 1. The molecule has 0 spiro atoms. The van der Waals surface area contributed by atoms with Crippen molar-refractivity contribution >= 4 is 5.97 Å². The monoisotopic (exact) mass is 195 g/mol. The Morgan fingerprint density at radius 1 is 1.57 bits per heavy atom. The highest BCUT2D eigenvalue weighted by Gasteiger charge is 2.12. The first-order valence-electron chi connectivity index (χ1n) is 4.27. The zero-order valence-corrected chi connectivity index (χ0v) is 8.21. The second kappa shape index (κ2) is 4.22. The third-order valence-corrected chi connectivity index (χ3v) is 1.97.